The molecule has 5 nitrogen and oxygen atoms in total. The molecule has 0 saturated heterocycles. The van der Waals surface area contributed by atoms with Gasteiger partial charge in [-0.05, 0) is 51.0 Å². The monoisotopic (exact) mass is 391 g/mol. The number of hydrogen-bond donors (Lipinski definition) is 1. The van der Waals surface area contributed by atoms with Crippen molar-refractivity contribution in [2.24, 2.45) is 0 Å². The van der Waals surface area contributed by atoms with E-state index in [1.54, 1.807) is 44.3 Å². The van der Waals surface area contributed by atoms with Crippen LogP contribution in [0.4, 0.5) is 5.82 Å². The highest BCUT2D eigenvalue weighted by Crippen LogP contribution is 2.22. The lowest BCUT2D eigenvalue weighted by Crippen LogP contribution is -2.13. The number of nitrogens with zero attached hydrogens (tertiary/aromatic N) is 2. The number of hydrogen-bond acceptors (Lipinski definition) is 5. The van der Waals surface area contributed by atoms with Crippen LogP contribution in [0, 0.1) is 18.8 Å². The van der Waals surface area contributed by atoms with Gasteiger partial charge in [0.05, 0.1) is 22.0 Å². The molecule has 0 aliphatic rings. The van der Waals surface area contributed by atoms with Gasteiger partial charge in [-0.1, -0.05) is 35.7 Å². The molecule has 3 aromatic rings. The van der Waals surface area contributed by atoms with Gasteiger partial charge in [-0.2, -0.15) is 0 Å². The van der Waals surface area contributed by atoms with E-state index in [0.717, 1.165) is 16.7 Å². The molecule has 0 saturated carbocycles. The molecule has 0 spiro atoms. The van der Waals surface area contributed by atoms with Crippen molar-refractivity contribution in [3.05, 3.63) is 71.5 Å². The van der Waals surface area contributed by atoms with E-state index in [9.17, 15) is 8.42 Å². The SMILES string of the molecule is Cc1ccc(C#Cc2nc(-c3ccc(S(=O)(=O)C(C)C)cc3)cnc2N)cc1. The first-order valence-corrected chi connectivity index (χ1v) is 10.4. The third-order valence-corrected chi connectivity index (χ3v) is 6.45. The summed E-state index contributed by atoms with van der Waals surface area (Å²) in [6, 6.07) is 14.4. The molecule has 1 heterocycles. The van der Waals surface area contributed by atoms with Crippen LogP contribution in [0.3, 0.4) is 0 Å². The average molecular weight is 391 g/mol. The van der Waals surface area contributed by atoms with Gasteiger partial charge in [0, 0.05) is 11.1 Å². The Balaban J connectivity index is 1.92. The number of rotatable bonds is 3. The summed E-state index contributed by atoms with van der Waals surface area (Å²) in [6.07, 6.45) is 1.55. The van der Waals surface area contributed by atoms with E-state index >= 15 is 0 Å². The van der Waals surface area contributed by atoms with Gasteiger partial charge in [0.25, 0.3) is 0 Å². The molecule has 28 heavy (non-hydrogen) atoms. The summed E-state index contributed by atoms with van der Waals surface area (Å²) in [5.74, 6) is 6.25. The lowest BCUT2D eigenvalue weighted by Gasteiger charge is -2.08. The molecule has 6 heteroatoms. The minimum atomic E-state index is -3.31. The number of aromatic nitrogens is 2. The van der Waals surface area contributed by atoms with Crippen LogP contribution in [0.2, 0.25) is 0 Å². The summed E-state index contributed by atoms with van der Waals surface area (Å²) < 4.78 is 24.5. The first kappa shape index (κ1) is 19.6. The van der Waals surface area contributed by atoms with Crippen molar-refractivity contribution < 1.29 is 8.42 Å². The Labute approximate surface area is 165 Å². The van der Waals surface area contributed by atoms with Gasteiger partial charge in [0.1, 0.15) is 0 Å². The van der Waals surface area contributed by atoms with Crippen molar-refractivity contribution in [2.45, 2.75) is 30.9 Å². The minimum Gasteiger partial charge on any atom is -0.381 e. The predicted octanol–water partition coefficient (Wildman–Crippen LogP) is 3.62. The molecule has 2 N–H and O–H groups in total. The highest BCUT2D eigenvalue weighted by atomic mass is 32.2. The van der Waals surface area contributed by atoms with Crippen molar-refractivity contribution in [3.63, 3.8) is 0 Å². The second-order valence-corrected chi connectivity index (χ2v) is 9.23. The Morgan fingerprint density at radius 3 is 2.21 bits per heavy atom. The lowest BCUT2D eigenvalue weighted by molar-refractivity contribution is 0.587. The summed E-state index contributed by atoms with van der Waals surface area (Å²) in [7, 11) is -3.31. The van der Waals surface area contributed by atoms with E-state index in [-0.39, 0.29) is 10.7 Å². The maximum atomic E-state index is 12.3. The minimum absolute atomic E-state index is 0.252. The number of aryl methyl sites for hydroxylation is 1. The quantitative estimate of drug-likeness (QED) is 0.689. The Morgan fingerprint density at radius 2 is 1.61 bits per heavy atom. The molecule has 0 bridgehead atoms. The summed E-state index contributed by atoms with van der Waals surface area (Å²) in [5.41, 5.74) is 9.65. The van der Waals surface area contributed by atoms with E-state index in [0.29, 0.717) is 11.4 Å². The summed E-state index contributed by atoms with van der Waals surface area (Å²) in [4.78, 5) is 8.95. The van der Waals surface area contributed by atoms with Gasteiger partial charge >= 0.3 is 0 Å². The summed E-state index contributed by atoms with van der Waals surface area (Å²) in [6.45, 7) is 5.34. The fraction of sp³-hybridized carbons (Fsp3) is 0.182. The van der Waals surface area contributed by atoms with Crippen LogP contribution in [-0.2, 0) is 9.84 Å². The number of anilines is 1. The number of nitrogens with two attached hydrogens (primary N) is 1. The predicted molar refractivity (Wildman–Crippen MR) is 111 cm³/mol. The van der Waals surface area contributed by atoms with Gasteiger partial charge in [-0.3, -0.25) is 0 Å². The van der Waals surface area contributed by atoms with E-state index in [4.69, 9.17) is 5.73 Å². The second kappa shape index (κ2) is 7.83. The molecule has 3 rings (SSSR count). The maximum Gasteiger partial charge on any atom is 0.180 e. The van der Waals surface area contributed by atoms with Crippen LogP contribution >= 0.6 is 0 Å². The Bertz CT molecular complexity index is 1160. The van der Waals surface area contributed by atoms with E-state index < -0.39 is 15.1 Å². The van der Waals surface area contributed by atoms with Crippen LogP contribution in [0.15, 0.2) is 59.6 Å². The zero-order valence-electron chi connectivity index (χ0n) is 16.0. The van der Waals surface area contributed by atoms with Crippen LogP contribution in [0.25, 0.3) is 11.3 Å². The largest absolute Gasteiger partial charge is 0.381 e. The third kappa shape index (κ3) is 4.21. The molecular weight excluding hydrogens is 370 g/mol. The molecule has 1 aromatic heterocycles. The van der Waals surface area contributed by atoms with Crippen molar-refractivity contribution in [2.75, 3.05) is 5.73 Å². The van der Waals surface area contributed by atoms with Crippen molar-refractivity contribution >= 4 is 15.7 Å². The fourth-order valence-electron chi connectivity index (χ4n) is 2.49. The van der Waals surface area contributed by atoms with Crippen molar-refractivity contribution in [1.29, 1.82) is 0 Å². The Kier molecular flexibility index (Phi) is 5.48. The lowest BCUT2D eigenvalue weighted by atomic mass is 10.1. The van der Waals surface area contributed by atoms with Crippen molar-refractivity contribution in [1.82, 2.24) is 9.97 Å². The highest BCUT2D eigenvalue weighted by Gasteiger charge is 2.19. The molecule has 0 fully saturated rings. The Morgan fingerprint density at radius 1 is 0.964 bits per heavy atom. The molecule has 0 atom stereocenters. The molecule has 0 amide bonds. The van der Waals surface area contributed by atoms with Crippen LogP contribution < -0.4 is 5.73 Å². The average Bonchev–Trinajstić information content (AvgIpc) is 2.68. The first-order chi connectivity index (χ1) is 13.3. The van der Waals surface area contributed by atoms with Gasteiger partial charge in [0.15, 0.2) is 21.3 Å². The molecule has 2 aromatic carbocycles. The highest BCUT2D eigenvalue weighted by molar-refractivity contribution is 7.92. The normalized spacial score (nSPS) is 11.1. The van der Waals surface area contributed by atoms with E-state index in [1.807, 2.05) is 31.2 Å². The number of nitrogen functional groups attached to an aromatic ring is 1. The number of benzene rings is 2. The van der Waals surface area contributed by atoms with Gasteiger partial charge in [-0.25, -0.2) is 18.4 Å². The smallest absolute Gasteiger partial charge is 0.180 e. The Hall–Kier alpha value is -3.17. The molecular formula is C22H21N3O2S. The molecule has 142 valence electrons. The molecule has 0 unspecified atom stereocenters. The maximum absolute atomic E-state index is 12.3. The molecule has 0 aliphatic heterocycles. The number of sulfone groups is 1. The first-order valence-electron chi connectivity index (χ1n) is 8.83. The third-order valence-electron chi connectivity index (χ3n) is 4.28. The summed E-state index contributed by atoms with van der Waals surface area (Å²) >= 11 is 0. The topological polar surface area (TPSA) is 85.9 Å². The van der Waals surface area contributed by atoms with Gasteiger partial charge in [0.2, 0.25) is 0 Å². The second-order valence-electron chi connectivity index (χ2n) is 6.72. The molecule has 0 radical (unpaired) electrons. The van der Waals surface area contributed by atoms with Crippen LogP contribution in [0.1, 0.15) is 30.7 Å². The standard InChI is InChI=1S/C22H21N3O2S/c1-15(2)28(26,27)19-11-9-18(10-12-19)21-14-24-22(23)20(25-21)13-8-17-6-4-16(3)5-7-17/h4-7,9-12,14-15H,1-3H3,(H2,23,24). The molecule has 0 aliphatic carbocycles. The van der Waals surface area contributed by atoms with Crippen LogP contribution in [-0.4, -0.2) is 23.6 Å². The van der Waals surface area contributed by atoms with E-state index in [2.05, 4.69) is 21.8 Å². The van der Waals surface area contributed by atoms with E-state index in [1.165, 1.54) is 0 Å². The summed E-state index contributed by atoms with van der Waals surface area (Å²) in [5, 5.41) is -0.474. The van der Waals surface area contributed by atoms with Crippen LogP contribution in [0.5, 0.6) is 0 Å². The zero-order valence-corrected chi connectivity index (χ0v) is 16.8. The van der Waals surface area contributed by atoms with Gasteiger partial charge < -0.3 is 5.73 Å². The fourth-order valence-corrected chi connectivity index (χ4v) is 3.55. The zero-order chi connectivity index (χ0) is 20.3. The van der Waals surface area contributed by atoms with Gasteiger partial charge in [-0.15, -0.1) is 0 Å². The van der Waals surface area contributed by atoms with Crippen molar-refractivity contribution in [3.8, 4) is 23.1 Å².